The molecule has 25 heavy (non-hydrogen) atoms. The van der Waals surface area contributed by atoms with Crippen LogP contribution in [0.15, 0.2) is 5.38 Å². The van der Waals surface area contributed by atoms with Crippen LogP contribution in [-0.4, -0.2) is 41.9 Å². The standard InChI is InChI=1S/C18H24N2O4S/c1-4-24-18(23)15-13(11-5-6-11)9-25-17(15)19-16(22)12-7-14(21)20(8-12)10(2)3/h9-12H,4-8H2,1-3H3,(H,19,22). The Labute approximate surface area is 151 Å². The van der Waals surface area contributed by atoms with Crippen molar-refractivity contribution >= 4 is 34.1 Å². The second kappa shape index (κ2) is 7.15. The van der Waals surface area contributed by atoms with E-state index in [2.05, 4.69) is 5.32 Å². The molecule has 3 rings (SSSR count). The fraction of sp³-hybridized carbons (Fsp3) is 0.611. The third kappa shape index (κ3) is 3.71. The van der Waals surface area contributed by atoms with Crippen LogP contribution in [0.4, 0.5) is 5.00 Å². The molecule has 1 aliphatic heterocycles. The molecule has 1 unspecified atom stereocenters. The van der Waals surface area contributed by atoms with Gasteiger partial charge in [-0.15, -0.1) is 11.3 Å². The molecule has 6 nitrogen and oxygen atoms in total. The van der Waals surface area contributed by atoms with E-state index >= 15 is 0 Å². The average molecular weight is 364 g/mol. The highest BCUT2D eigenvalue weighted by atomic mass is 32.1. The van der Waals surface area contributed by atoms with Gasteiger partial charge in [-0.1, -0.05) is 0 Å². The minimum absolute atomic E-state index is 0.00520. The summed E-state index contributed by atoms with van der Waals surface area (Å²) >= 11 is 1.36. The lowest BCUT2D eigenvalue weighted by molar-refractivity contribution is -0.129. The van der Waals surface area contributed by atoms with E-state index in [-0.39, 0.29) is 36.2 Å². The summed E-state index contributed by atoms with van der Waals surface area (Å²) in [5, 5.41) is 5.36. The number of carbonyl (C=O) groups is 3. The third-order valence-corrected chi connectivity index (χ3v) is 5.62. The van der Waals surface area contributed by atoms with Crippen molar-refractivity contribution in [1.82, 2.24) is 4.90 Å². The van der Waals surface area contributed by atoms with E-state index in [4.69, 9.17) is 4.74 Å². The van der Waals surface area contributed by atoms with Crippen molar-refractivity contribution in [3.63, 3.8) is 0 Å². The second-order valence-corrected chi connectivity index (χ2v) is 7.80. The lowest BCUT2D eigenvalue weighted by atomic mass is 10.1. The first-order chi connectivity index (χ1) is 11.9. The summed E-state index contributed by atoms with van der Waals surface area (Å²) in [7, 11) is 0. The predicted octanol–water partition coefficient (Wildman–Crippen LogP) is 3.00. The number of ether oxygens (including phenoxy) is 1. The third-order valence-electron chi connectivity index (χ3n) is 4.71. The number of hydrogen-bond acceptors (Lipinski definition) is 5. The van der Waals surface area contributed by atoms with Crippen molar-refractivity contribution in [2.75, 3.05) is 18.5 Å². The minimum Gasteiger partial charge on any atom is -0.462 e. The Morgan fingerprint density at radius 3 is 2.68 bits per heavy atom. The van der Waals surface area contributed by atoms with Crippen LogP contribution in [0, 0.1) is 5.92 Å². The lowest BCUT2D eigenvalue weighted by Gasteiger charge is -2.20. The number of anilines is 1. The number of nitrogens with zero attached hydrogens (tertiary/aromatic N) is 1. The molecular weight excluding hydrogens is 340 g/mol. The van der Waals surface area contributed by atoms with Crippen LogP contribution in [-0.2, 0) is 14.3 Å². The van der Waals surface area contributed by atoms with E-state index in [9.17, 15) is 14.4 Å². The summed E-state index contributed by atoms with van der Waals surface area (Å²) in [6, 6.07) is 0.0867. The van der Waals surface area contributed by atoms with Gasteiger partial charge in [-0.25, -0.2) is 4.79 Å². The molecule has 0 bridgehead atoms. The Bertz CT molecular complexity index is 693. The maximum Gasteiger partial charge on any atom is 0.341 e. The molecule has 2 fully saturated rings. The van der Waals surface area contributed by atoms with Gasteiger partial charge in [0.05, 0.1) is 18.1 Å². The van der Waals surface area contributed by atoms with Gasteiger partial charge in [0, 0.05) is 19.0 Å². The van der Waals surface area contributed by atoms with Crippen molar-refractivity contribution in [2.45, 2.75) is 52.0 Å². The molecule has 136 valence electrons. The molecule has 1 aliphatic carbocycles. The van der Waals surface area contributed by atoms with E-state index in [1.165, 1.54) is 11.3 Å². The Kier molecular flexibility index (Phi) is 5.13. The Hall–Kier alpha value is -1.89. The van der Waals surface area contributed by atoms with Crippen molar-refractivity contribution < 1.29 is 19.1 Å². The molecule has 1 atom stereocenters. The van der Waals surface area contributed by atoms with Gasteiger partial charge in [0.25, 0.3) is 0 Å². The SMILES string of the molecule is CCOC(=O)c1c(C2CC2)csc1NC(=O)C1CC(=O)N(C(C)C)C1. The molecular formula is C18H24N2O4S. The quantitative estimate of drug-likeness (QED) is 0.788. The van der Waals surface area contributed by atoms with E-state index < -0.39 is 0 Å². The number of likely N-dealkylation sites (tertiary alicyclic amines) is 1. The molecule has 2 aliphatic rings. The number of carbonyl (C=O) groups excluding carboxylic acids is 3. The predicted molar refractivity (Wildman–Crippen MR) is 95.8 cm³/mol. The Balaban J connectivity index is 1.75. The van der Waals surface area contributed by atoms with E-state index in [1.807, 2.05) is 19.2 Å². The van der Waals surface area contributed by atoms with Crippen LogP contribution < -0.4 is 5.32 Å². The summed E-state index contributed by atoms with van der Waals surface area (Å²) < 4.78 is 5.17. The van der Waals surface area contributed by atoms with Gasteiger partial charge in [-0.05, 0) is 50.5 Å². The fourth-order valence-corrected chi connectivity index (χ4v) is 4.23. The highest BCUT2D eigenvalue weighted by molar-refractivity contribution is 7.15. The van der Waals surface area contributed by atoms with E-state index in [1.54, 1.807) is 11.8 Å². The largest absolute Gasteiger partial charge is 0.462 e. The van der Waals surface area contributed by atoms with Crippen LogP contribution in [0.3, 0.4) is 0 Å². The number of amides is 2. The molecule has 1 N–H and O–H groups in total. The van der Waals surface area contributed by atoms with Crippen molar-refractivity contribution in [3.05, 3.63) is 16.5 Å². The first-order valence-corrected chi connectivity index (χ1v) is 9.69. The molecule has 1 aromatic rings. The normalized spacial score (nSPS) is 20.2. The average Bonchev–Trinajstić information content (AvgIpc) is 3.19. The summed E-state index contributed by atoms with van der Waals surface area (Å²) in [4.78, 5) is 38.7. The molecule has 0 spiro atoms. The maximum atomic E-state index is 12.6. The molecule has 7 heteroatoms. The fourth-order valence-electron chi connectivity index (χ4n) is 3.19. The van der Waals surface area contributed by atoms with Gasteiger partial charge in [0.2, 0.25) is 11.8 Å². The van der Waals surface area contributed by atoms with Crippen molar-refractivity contribution in [1.29, 1.82) is 0 Å². The number of esters is 1. The second-order valence-electron chi connectivity index (χ2n) is 6.92. The zero-order valence-corrected chi connectivity index (χ0v) is 15.6. The molecule has 1 aromatic heterocycles. The van der Waals surface area contributed by atoms with Gasteiger partial charge >= 0.3 is 5.97 Å². The minimum atomic E-state index is -0.382. The van der Waals surface area contributed by atoms with Crippen molar-refractivity contribution in [3.8, 4) is 0 Å². The summed E-state index contributed by atoms with van der Waals surface area (Å²) in [6.45, 7) is 6.38. The molecule has 0 radical (unpaired) electrons. The van der Waals surface area contributed by atoms with Crippen molar-refractivity contribution in [2.24, 2.45) is 5.92 Å². The van der Waals surface area contributed by atoms with Crippen LogP contribution in [0.5, 0.6) is 0 Å². The van der Waals surface area contributed by atoms with Gasteiger partial charge in [0.15, 0.2) is 0 Å². The molecule has 1 saturated heterocycles. The van der Waals surface area contributed by atoms with Crippen LogP contribution in [0.1, 0.15) is 61.9 Å². The van der Waals surface area contributed by atoms with E-state index in [0.717, 1.165) is 18.4 Å². The summed E-state index contributed by atoms with van der Waals surface area (Å²) in [6.07, 6.45) is 2.35. The van der Waals surface area contributed by atoms with Gasteiger partial charge < -0.3 is 15.0 Å². The maximum absolute atomic E-state index is 12.6. The first kappa shape index (κ1) is 17.9. The zero-order chi connectivity index (χ0) is 18.1. The Morgan fingerprint density at radius 1 is 1.40 bits per heavy atom. The summed E-state index contributed by atoms with van der Waals surface area (Å²) in [5.41, 5.74) is 1.47. The highest BCUT2D eigenvalue weighted by Gasteiger charge is 2.37. The first-order valence-electron chi connectivity index (χ1n) is 8.81. The Morgan fingerprint density at radius 2 is 2.12 bits per heavy atom. The number of nitrogens with one attached hydrogen (secondary N) is 1. The molecule has 1 saturated carbocycles. The topological polar surface area (TPSA) is 75.7 Å². The smallest absolute Gasteiger partial charge is 0.341 e. The van der Waals surface area contributed by atoms with Gasteiger partial charge in [-0.2, -0.15) is 0 Å². The van der Waals surface area contributed by atoms with E-state index in [0.29, 0.717) is 29.6 Å². The molecule has 2 amide bonds. The van der Waals surface area contributed by atoms with Crippen LogP contribution in [0.2, 0.25) is 0 Å². The lowest BCUT2D eigenvalue weighted by Crippen LogP contribution is -2.33. The van der Waals surface area contributed by atoms with Crippen LogP contribution in [0.25, 0.3) is 0 Å². The number of thiophene rings is 1. The van der Waals surface area contributed by atoms with Gasteiger partial charge in [0.1, 0.15) is 5.00 Å². The van der Waals surface area contributed by atoms with Crippen LogP contribution >= 0.6 is 11.3 Å². The number of rotatable bonds is 6. The summed E-state index contributed by atoms with van der Waals surface area (Å²) in [5.74, 6) is -0.564. The monoisotopic (exact) mass is 364 g/mol. The molecule has 0 aromatic carbocycles. The zero-order valence-electron chi connectivity index (χ0n) is 14.8. The number of hydrogen-bond donors (Lipinski definition) is 1. The highest BCUT2D eigenvalue weighted by Crippen LogP contribution is 2.46. The van der Waals surface area contributed by atoms with Gasteiger partial charge in [-0.3, -0.25) is 9.59 Å². The molecule has 2 heterocycles.